The van der Waals surface area contributed by atoms with Gasteiger partial charge in [-0.15, -0.1) is 0 Å². The molecule has 2 aromatic rings. The fourth-order valence-corrected chi connectivity index (χ4v) is 5.86. The highest BCUT2D eigenvalue weighted by atomic mass is 32.2. The first-order valence-corrected chi connectivity index (χ1v) is 12.3. The van der Waals surface area contributed by atoms with Crippen LogP contribution in [0.5, 0.6) is 11.5 Å². The van der Waals surface area contributed by atoms with Gasteiger partial charge in [0.2, 0.25) is 20.0 Å². The van der Waals surface area contributed by atoms with E-state index in [0.29, 0.717) is 37.4 Å². The van der Waals surface area contributed by atoms with Crippen LogP contribution in [-0.4, -0.2) is 60.0 Å². The van der Waals surface area contributed by atoms with Gasteiger partial charge in [0.1, 0.15) is 4.90 Å². The van der Waals surface area contributed by atoms with E-state index in [-0.39, 0.29) is 22.3 Å². The lowest BCUT2D eigenvalue weighted by Crippen LogP contribution is -2.41. The summed E-state index contributed by atoms with van der Waals surface area (Å²) < 4.78 is 64.9. The van der Waals surface area contributed by atoms with Crippen molar-refractivity contribution in [2.75, 3.05) is 33.9 Å². The van der Waals surface area contributed by atoms with Gasteiger partial charge in [0.05, 0.1) is 19.1 Å². The Morgan fingerprint density at radius 3 is 2.33 bits per heavy atom. The molecule has 0 radical (unpaired) electrons. The SMILES string of the molecule is COc1ccc(S(=O)(=O)NCC2CCN(S(=O)(=O)c3cccnc3)CC2)cc1OC. The molecule has 0 unspecified atom stereocenters. The summed E-state index contributed by atoms with van der Waals surface area (Å²) >= 11 is 0. The first-order valence-electron chi connectivity index (χ1n) is 9.40. The number of nitrogens with zero attached hydrogens (tertiary/aromatic N) is 2. The Hall–Kier alpha value is -2.21. The largest absolute Gasteiger partial charge is 0.493 e. The van der Waals surface area contributed by atoms with Crippen LogP contribution in [0.1, 0.15) is 12.8 Å². The first kappa shape index (κ1) is 22.5. The maximum absolute atomic E-state index is 12.7. The van der Waals surface area contributed by atoms with Crippen molar-refractivity contribution in [2.45, 2.75) is 22.6 Å². The fraction of sp³-hybridized carbons (Fsp3) is 0.421. The van der Waals surface area contributed by atoms with Crippen molar-refractivity contribution in [2.24, 2.45) is 5.92 Å². The van der Waals surface area contributed by atoms with E-state index < -0.39 is 20.0 Å². The number of ether oxygens (including phenoxy) is 2. The second-order valence-electron chi connectivity index (χ2n) is 6.90. The normalized spacial score (nSPS) is 16.3. The molecule has 9 nitrogen and oxygen atoms in total. The zero-order valence-electron chi connectivity index (χ0n) is 16.8. The number of aromatic nitrogens is 1. The number of hydrogen-bond donors (Lipinski definition) is 1. The Bertz CT molecular complexity index is 1070. The average molecular weight is 456 g/mol. The fourth-order valence-electron chi connectivity index (χ4n) is 3.30. The summed E-state index contributed by atoms with van der Waals surface area (Å²) in [5.74, 6) is 0.813. The van der Waals surface area contributed by atoms with Crippen molar-refractivity contribution in [1.82, 2.24) is 14.0 Å². The lowest BCUT2D eigenvalue weighted by molar-refractivity contribution is 0.274. The van der Waals surface area contributed by atoms with Crippen LogP contribution in [0.4, 0.5) is 0 Å². The molecule has 1 fully saturated rings. The Morgan fingerprint density at radius 2 is 1.73 bits per heavy atom. The van der Waals surface area contributed by atoms with E-state index in [1.165, 1.54) is 55.2 Å². The summed E-state index contributed by atoms with van der Waals surface area (Å²) in [7, 11) is -4.39. The third-order valence-electron chi connectivity index (χ3n) is 5.07. The summed E-state index contributed by atoms with van der Waals surface area (Å²) in [6, 6.07) is 7.50. The second-order valence-corrected chi connectivity index (χ2v) is 10.6. The highest BCUT2D eigenvalue weighted by molar-refractivity contribution is 7.89. The lowest BCUT2D eigenvalue weighted by Gasteiger charge is -2.31. The van der Waals surface area contributed by atoms with Gasteiger partial charge in [-0.2, -0.15) is 4.31 Å². The van der Waals surface area contributed by atoms with Crippen molar-refractivity contribution < 1.29 is 26.3 Å². The predicted molar refractivity (Wildman–Crippen MR) is 110 cm³/mol. The molecule has 11 heteroatoms. The number of benzene rings is 1. The summed E-state index contributed by atoms with van der Waals surface area (Å²) in [4.78, 5) is 4.11. The van der Waals surface area contributed by atoms with Crippen LogP contribution >= 0.6 is 0 Å². The number of hydrogen-bond acceptors (Lipinski definition) is 7. The van der Waals surface area contributed by atoms with Gasteiger partial charge >= 0.3 is 0 Å². The molecule has 1 aromatic carbocycles. The van der Waals surface area contributed by atoms with Gasteiger partial charge in [0.15, 0.2) is 11.5 Å². The van der Waals surface area contributed by atoms with Gasteiger partial charge in [-0.1, -0.05) is 0 Å². The minimum absolute atomic E-state index is 0.0419. The van der Waals surface area contributed by atoms with Gasteiger partial charge in [-0.05, 0) is 43.0 Å². The van der Waals surface area contributed by atoms with Crippen molar-refractivity contribution in [3.8, 4) is 11.5 Å². The molecule has 3 rings (SSSR count). The zero-order valence-corrected chi connectivity index (χ0v) is 18.4. The van der Waals surface area contributed by atoms with E-state index in [1.54, 1.807) is 6.07 Å². The third-order valence-corrected chi connectivity index (χ3v) is 8.38. The summed E-state index contributed by atoms with van der Waals surface area (Å²) in [5.41, 5.74) is 0. The van der Waals surface area contributed by atoms with Crippen LogP contribution in [0.2, 0.25) is 0 Å². The Kier molecular flexibility index (Phi) is 6.96. The number of sulfonamides is 2. The summed E-state index contributed by atoms with van der Waals surface area (Å²) in [6.45, 7) is 0.900. The lowest BCUT2D eigenvalue weighted by atomic mass is 9.99. The number of pyridine rings is 1. The van der Waals surface area contributed by atoms with Crippen LogP contribution in [0, 0.1) is 5.92 Å². The number of rotatable bonds is 8. The van der Waals surface area contributed by atoms with Crippen molar-refractivity contribution in [3.05, 3.63) is 42.7 Å². The Morgan fingerprint density at radius 1 is 1.03 bits per heavy atom. The molecule has 30 heavy (non-hydrogen) atoms. The van der Waals surface area contributed by atoms with Crippen molar-refractivity contribution in [3.63, 3.8) is 0 Å². The number of nitrogens with one attached hydrogen (secondary N) is 1. The Labute approximate surface area is 177 Å². The van der Waals surface area contributed by atoms with Crippen LogP contribution in [0.25, 0.3) is 0 Å². The molecule has 0 aliphatic carbocycles. The molecule has 1 aliphatic heterocycles. The average Bonchev–Trinajstić information content (AvgIpc) is 2.78. The molecule has 1 N–H and O–H groups in total. The molecule has 0 amide bonds. The van der Waals surface area contributed by atoms with Gasteiger partial charge in [-0.25, -0.2) is 21.6 Å². The van der Waals surface area contributed by atoms with Crippen LogP contribution in [0.3, 0.4) is 0 Å². The number of methoxy groups -OCH3 is 2. The van der Waals surface area contributed by atoms with Gasteiger partial charge in [0.25, 0.3) is 0 Å². The molecular formula is C19H25N3O6S2. The van der Waals surface area contributed by atoms with Crippen LogP contribution in [-0.2, 0) is 20.0 Å². The van der Waals surface area contributed by atoms with E-state index in [9.17, 15) is 16.8 Å². The second kappa shape index (κ2) is 9.29. The molecule has 1 aliphatic rings. The predicted octanol–water partition coefficient (Wildman–Crippen LogP) is 1.48. The molecule has 2 heterocycles. The molecule has 0 saturated carbocycles. The van der Waals surface area contributed by atoms with E-state index in [2.05, 4.69) is 9.71 Å². The Balaban J connectivity index is 1.59. The molecular weight excluding hydrogens is 430 g/mol. The standard InChI is InChI=1S/C19H25N3O6S2/c1-27-18-6-5-16(12-19(18)28-2)29(23,24)21-13-15-7-10-22(11-8-15)30(25,26)17-4-3-9-20-14-17/h3-6,9,12,14-15,21H,7-8,10-11,13H2,1-2H3. The number of piperidine rings is 1. The van der Waals surface area contributed by atoms with E-state index in [4.69, 9.17) is 9.47 Å². The molecule has 0 bridgehead atoms. The van der Waals surface area contributed by atoms with Crippen LogP contribution in [0.15, 0.2) is 52.5 Å². The molecule has 0 atom stereocenters. The van der Waals surface area contributed by atoms with Gasteiger partial charge in [0, 0.05) is 38.1 Å². The van der Waals surface area contributed by atoms with E-state index in [1.807, 2.05) is 0 Å². The topological polar surface area (TPSA) is 115 Å². The minimum Gasteiger partial charge on any atom is -0.493 e. The summed E-state index contributed by atoms with van der Waals surface area (Å²) in [5, 5.41) is 0. The third kappa shape index (κ3) is 4.91. The van der Waals surface area contributed by atoms with Crippen LogP contribution < -0.4 is 14.2 Å². The van der Waals surface area contributed by atoms with Gasteiger partial charge < -0.3 is 9.47 Å². The zero-order chi connectivity index (χ0) is 21.8. The quantitative estimate of drug-likeness (QED) is 0.641. The highest BCUT2D eigenvalue weighted by Crippen LogP contribution is 2.29. The van der Waals surface area contributed by atoms with Crippen molar-refractivity contribution >= 4 is 20.0 Å². The summed E-state index contributed by atoms with van der Waals surface area (Å²) in [6.07, 6.45) is 3.98. The smallest absolute Gasteiger partial charge is 0.244 e. The van der Waals surface area contributed by atoms with Crippen molar-refractivity contribution in [1.29, 1.82) is 0 Å². The minimum atomic E-state index is -3.73. The maximum atomic E-state index is 12.7. The van der Waals surface area contributed by atoms with E-state index >= 15 is 0 Å². The van der Waals surface area contributed by atoms with Gasteiger partial charge in [-0.3, -0.25) is 4.98 Å². The van der Waals surface area contributed by atoms with E-state index in [0.717, 1.165) is 0 Å². The highest BCUT2D eigenvalue weighted by Gasteiger charge is 2.30. The molecule has 1 saturated heterocycles. The maximum Gasteiger partial charge on any atom is 0.244 e. The molecule has 1 aromatic heterocycles. The molecule has 0 spiro atoms. The first-order chi connectivity index (χ1) is 14.3. The molecule has 164 valence electrons. The monoisotopic (exact) mass is 455 g/mol.